The molecule has 2 amide bonds. The Morgan fingerprint density at radius 1 is 0.625 bits per heavy atom. The number of imide groups is 1. The standard InChI is InChI=1S/C28H28N2O2/c1-16-8-10-23(21(6)12-16)25-26(29-24-15-17(2)7-9-20(24)5)28(32)30(27(25)31)22-13-18(3)11-19(4)14-22/h7-15,29H,1-6H3. The van der Waals surface area contributed by atoms with Crippen molar-refractivity contribution in [2.45, 2.75) is 41.5 Å². The topological polar surface area (TPSA) is 49.4 Å². The van der Waals surface area contributed by atoms with Gasteiger partial charge in [0, 0.05) is 5.69 Å². The van der Waals surface area contributed by atoms with Gasteiger partial charge in [-0.05, 0) is 93.1 Å². The van der Waals surface area contributed by atoms with Crippen molar-refractivity contribution in [1.82, 2.24) is 0 Å². The molecule has 3 aromatic carbocycles. The molecule has 0 bridgehead atoms. The molecule has 0 radical (unpaired) electrons. The molecule has 0 saturated carbocycles. The molecule has 1 aliphatic rings. The summed E-state index contributed by atoms with van der Waals surface area (Å²) in [6.07, 6.45) is 0. The van der Waals surface area contributed by atoms with E-state index in [9.17, 15) is 9.59 Å². The Balaban J connectivity index is 1.90. The SMILES string of the molecule is Cc1cc(C)cc(N2C(=O)C(Nc3cc(C)ccc3C)=C(c3ccc(C)cc3C)C2=O)c1. The zero-order chi connectivity index (χ0) is 23.2. The fourth-order valence-electron chi connectivity index (χ4n) is 4.31. The Kier molecular flexibility index (Phi) is 5.47. The maximum atomic E-state index is 13.7. The summed E-state index contributed by atoms with van der Waals surface area (Å²) in [5, 5.41) is 3.32. The minimum Gasteiger partial charge on any atom is -0.350 e. The normalized spacial score (nSPS) is 13.9. The molecule has 4 heteroatoms. The molecule has 0 spiro atoms. The lowest BCUT2D eigenvalue weighted by Crippen LogP contribution is -2.32. The van der Waals surface area contributed by atoms with Crippen LogP contribution in [0.3, 0.4) is 0 Å². The van der Waals surface area contributed by atoms with E-state index in [1.165, 1.54) is 4.90 Å². The highest BCUT2D eigenvalue weighted by Crippen LogP contribution is 2.36. The van der Waals surface area contributed by atoms with Crippen LogP contribution < -0.4 is 10.2 Å². The van der Waals surface area contributed by atoms with Gasteiger partial charge < -0.3 is 5.32 Å². The Morgan fingerprint density at radius 3 is 1.91 bits per heavy atom. The molecule has 0 fully saturated rings. The molecule has 0 atom stereocenters. The Hall–Kier alpha value is -3.66. The number of amides is 2. The predicted octanol–water partition coefficient (Wildman–Crippen LogP) is 5.93. The average Bonchev–Trinajstić information content (AvgIpc) is 2.94. The average molecular weight is 425 g/mol. The number of nitrogens with zero attached hydrogens (tertiary/aromatic N) is 1. The number of carbonyl (C=O) groups is 2. The Labute approximate surface area is 189 Å². The van der Waals surface area contributed by atoms with Crippen molar-refractivity contribution in [2.24, 2.45) is 0 Å². The van der Waals surface area contributed by atoms with Crippen molar-refractivity contribution in [3.63, 3.8) is 0 Å². The van der Waals surface area contributed by atoms with Crippen molar-refractivity contribution in [2.75, 3.05) is 10.2 Å². The van der Waals surface area contributed by atoms with Crippen LogP contribution in [0.2, 0.25) is 0 Å². The van der Waals surface area contributed by atoms with Gasteiger partial charge in [-0.15, -0.1) is 0 Å². The van der Waals surface area contributed by atoms with Crippen LogP contribution in [0.25, 0.3) is 5.57 Å². The zero-order valence-corrected chi connectivity index (χ0v) is 19.5. The lowest BCUT2D eigenvalue weighted by molar-refractivity contribution is -0.120. The number of hydrogen-bond acceptors (Lipinski definition) is 3. The summed E-state index contributed by atoms with van der Waals surface area (Å²) in [5.74, 6) is -0.643. The van der Waals surface area contributed by atoms with Crippen molar-refractivity contribution in [3.05, 3.63) is 99.2 Å². The van der Waals surface area contributed by atoms with E-state index in [1.807, 2.05) is 96.1 Å². The lowest BCUT2D eigenvalue weighted by atomic mass is 9.97. The van der Waals surface area contributed by atoms with Gasteiger partial charge in [-0.3, -0.25) is 9.59 Å². The highest BCUT2D eigenvalue weighted by atomic mass is 16.2. The fraction of sp³-hybridized carbons (Fsp3) is 0.214. The summed E-state index contributed by atoms with van der Waals surface area (Å²) in [6.45, 7) is 11.9. The van der Waals surface area contributed by atoms with Gasteiger partial charge in [-0.2, -0.15) is 0 Å². The van der Waals surface area contributed by atoms with E-state index in [0.717, 1.165) is 44.6 Å². The van der Waals surface area contributed by atoms with Crippen molar-refractivity contribution < 1.29 is 9.59 Å². The number of benzene rings is 3. The fourth-order valence-corrected chi connectivity index (χ4v) is 4.31. The second-order valence-electron chi connectivity index (χ2n) is 8.80. The minimum absolute atomic E-state index is 0.306. The van der Waals surface area contributed by atoms with Crippen LogP contribution in [0.4, 0.5) is 11.4 Å². The number of carbonyl (C=O) groups excluding carboxylic acids is 2. The van der Waals surface area contributed by atoms with Gasteiger partial charge in [0.25, 0.3) is 11.8 Å². The van der Waals surface area contributed by atoms with Crippen LogP contribution in [0.1, 0.15) is 38.9 Å². The van der Waals surface area contributed by atoms with Crippen LogP contribution >= 0.6 is 0 Å². The van der Waals surface area contributed by atoms with Crippen molar-refractivity contribution >= 4 is 28.8 Å². The predicted molar refractivity (Wildman–Crippen MR) is 131 cm³/mol. The van der Waals surface area contributed by atoms with E-state index in [2.05, 4.69) is 5.32 Å². The van der Waals surface area contributed by atoms with Crippen LogP contribution in [0, 0.1) is 41.5 Å². The molecule has 1 N–H and O–H groups in total. The summed E-state index contributed by atoms with van der Waals surface area (Å²) in [7, 11) is 0. The molecule has 3 aromatic rings. The van der Waals surface area contributed by atoms with Crippen LogP contribution in [0.15, 0.2) is 60.3 Å². The maximum absolute atomic E-state index is 13.7. The molecule has 4 rings (SSSR count). The van der Waals surface area contributed by atoms with E-state index >= 15 is 0 Å². The van der Waals surface area contributed by atoms with Crippen LogP contribution in [-0.4, -0.2) is 11.8 Å². The van der Waals surface area contributed by atoms with E-state index in [1.54, 1.807) is 0 Å². The summed E-state index contributed by atoms with van der Waals surface area (Å²) in [4.78, 5) is 28.7. The Bertz CT molecular complexity index is 1280. The molecular weight excluding hydrogens is 396 g/mol. The number of rotatable bonds is 4. The summed E-state index contributed by atoms with van der Waals surface area (Å²) < 4.78 is 0. The van der Waals surface area contributed by atoms with E-state index in [4.69, 9.17) is 0 Å². The second kappa shape index (κ2) is 8.12. The minimum atomic E-state index is -0.337. The van der Waals surface area contributed by atoms with Crippen LogP contribution in [-0.2, 0) is 9.59 Å². The van der Waals surface area contributed by atoms with Gasteiger partial charge in [0.2, 0.25) is 0 Å². The van der Waals surface area contributed by atoms with E-state index in [-0.39, 0.29) is 11.8 Å². The summed E-state index contributed by atoms with van der Waals surface area (Å²) >= 11 is 0. The summed E-state index contributed by atoms with van der Waals surface area (Å²) in [6, 6.07) is 17.8. The molecule has 1 aliphatic heterocycles. The first kappa shape index (κ1) is 21.6. The molecule has 0 saturated heterocycles. The van der Waals surface area contributed by atoms with Crippen molar-refractivity contribution in [1.29, 1.82) is 0 Å². The smallest absolute Gasteiger partial charge is 0.282 e. The monoisotopic (exact) mass is 424 g/mol. The van der Waals surface area contributed by atoms with Crippen molar-refractivity contribution in [3.8, 4) is 0 Å². The van der Waals surface area contributed by atoms with Gasteiger partial charge in [-0.1, -0.05) is 42.0 Å². The van der Waals surface area contributed by atoms with Gasteiger partial charge in [0.05, 0.1) is 11.3 Å². The third kappa shape index (κ3) is 3.84. The number of aryl methyl sites for hydroxylation is 6. The quantitative estimate of drug-likeness (QED) is 0.528. The number of nitrogens with one attached hydrogen (secondary N) is 1. The van der Waals surface area contributed by atoms with Crippen LogP contribution in [0.5, 0.6) is 0 Å². The zero-order valence-electron chi connectivity index (χ0n) is 19.5. The lowest BCUT2D eigenvalue weighted by Gasteiger charge is -2.17. The maximum Gasteiger partial charge on any atom is 0.282 e. The molecule has 4 nitrogen and oxygen atoms in total. The van der Waals surface area contributed by atoms with E-state index in [0.29, 0.717) is 17.0 Å². The first-order valence-electron chi connectivity index (χ1n) is 10.8. The Morgan fingerprint density at radius 2 is 1.25 bits per heavy atom. The van der Waals surface area contributed by atoms with Gasteiger partial charge in [0.1, 0.15) is 5.70 Å². The first-order chi connectivity index (χ1) is 15.2. The molecule has 0 unspecified atom stereocenters. The third-order valence-corrected chi connectivity index (χ3v) is 5.85. The third-order valence-electron chi connectivity index (χ3n) is 5.85. The highest BCUT2D eigenvalue weighted by Gasteiger charge is 2.41. The number of anilines is 2. The van der Waals surface area contributed by atoms with Gasteiger partial charge in [0.15, 0.2) is 0 Å². The second-order valence-corrected chi connectivity index (χ2v) is 8.80. The molecule has 0 aromatic heterocycles. The molecule has 0 aliphatic carbocycles. The molecule has 32 heavy (non-hydrogen) atoms. The van der Waals surface area contributed by atoms with Gasteiger partial charge >= 0.3 is 0 Å². The number of hydrogen-bond donors (Lipinski definition) is 1. The molecular formula is C28H28N2O2. The molecule has 162 valence electrons. The largest absolute Gasteiger partial charge is 0.350 e. The van der Waals surface area contributed by atoms with E-state index < -0.39 is 0 Å². The highest BCUT2D eigenvalue weighted by molar-refractivity contribution is 6.46. The first-order valence-corrected chi connectivity index (χ1v) is 10.8. The molecule has 1 heterocycles. The summed E-state index contributed by atoms with van der Waals surface area (Å²) in [5.41, 5.74) is 9.08. The van der Waals surface area contributed by atoms with Gasteiger partial charge in [-0.25, -0.2) is 4.90 Å².